The van der Waals surface area contributed by atoms with Crippen LogP contribution in [0.15, 0.2) is 24.4 Å². The number of nitrogens with one attached hydrogen (secondary N) is 1. The molecule has 1 aromatic rings. The van der Waals surface area contributed by atoms with Gasteiger partial charge in [-0.05, 0) is 25.5 Å². The Labute approximate surface area is 102 Å². The second kappa shape index (κ2) is 6.10. The molecule has 1 aromatic heterocycles. The number of pyridine rings is 1. The van der Waals surface area contributed by atoms with E-state index in [-0.39, 0.29) is 12.2 Å². The van der Waals surface area contributed by atoms with Gasteiger partial charge in [0.05, 0.1) is 17.9 Å². The summed E-state index contributed by atoms with van der Waals surface area (Å²) in [6.07, 6.45) is 3.23. The average Bonchev–Trinajstić information content (AvgIpc) is 2.34. The molecule has 2 rings (SSSR count). The van der Waals surface area contributed by atoms with Crippen LogP contribution in [0.5, 0.6) is 0 Å². The molecule has 0 spiro atoms. The van der Waals surface area contributed by atoms with Crippen molar-refractivity contribution in [2.45, 2.75) is 38.1 Å². The molecule has 1 aliphatic rings. The maximum Gasteiger partial charge on any atom is 0.0986 e. The van der Waals surface area contributed by atoms with E-state index < -0.39 is 0 Å². The second-order valence-corrected chi connectivity index (χ2v) is 4.24. The molecule has 0 amide bonds. The molecular weight excluding hydrogens is 216 g/mol. The lowest BCUT2D eigenvalue weighted by Gasteiger charge is -2.43. The second-order valence-electron chi connectivity index (χ2n) is 4.24. The van der Waals surface area contributed by atoms with Gasteiger partial charge < -0.3 is 14.8 Å². The summed E-state index contributed by atoms with van der Waals surface area (Å²) in [4.78, 5) is 4.28. The summed E-state index contributed by atoms with van der Waals surface area (Å²) in [5, 5.41) is 3.46. The van der Waals surface area contributed by atoms with Crippen molar-refractivity contribution in [1.29, 1.82) is 0 Å². The standard InChI is InChI=1S/C13H20N2O2/c1-3-17-12-8-11(13(12)16-2)15-9-10-6-4-5-7-14-10/h4-7,11-13,15H,3,8-9H2,1-2H3. The van der Waals surface area contributed by atoms with Gasteiger partial charge in [0, 0.05) is 32.5 Å². The van der Waals surface area contributed by atoms with Gasteiger partial charge in [-0.25, -0.2) is 0 Å². The van der Waals surface area contributed by atoms with E-state index in [4.69, 9.17) is 9.47 Å². The van der Waals surface area contributed by atoms with Crippen molar-refractivity contribution in [1.82, 2.24) is 10.3 Å². The third kappa shape index (κ3) is 3.03. The van der Waals surface area contributed by atoms with Crippen molar-refractivity contribution < 1.29 is 9.47 Å². The molecule has 3 unspecified atom stereocenters. The van der Waals surface area contributed by atoms with Crippen LogP contribution in [0.1, 0.15) is 19.0 Å². The fourth-order valence-corrected chi connectivity index (χ4v) is 2.21. The van der Waals surface area contributed by atoms with Crippen LogP contribution in [0.2, 0.25) is 0 Å². The normalized spacial score (nSPS) is 27.8. The lowest BCUT2D eigenvalue weighted by molar-refractivity contribution is -0.131. The van der Waals surface area contributed by atoms with Crippen LogP contribution in [0, 0.1) is 0 Å². The van der Waals surface area contributed by atoms with Crippen LogP contribution < -0.4 is 5.32 Å². The van der Waals surface area contributed by atoms with Crippen molar-refractivity contribution in [2.24, 2.45) is 0 Å². The van der Waals surface area contributed by atoms with Gasteiger partial charge in [-0.2, -0.15) is 0 Å². The Balaban J connectivity index is 1.77. The predicted octanol–water partition coefficient (Wildman–Crippen LogP) is 1.36. The largest absolute Gasteiger partial charge is 0.377 e. The summed E-state index contributed by atoms with van der Waals surface area (Å²) in [6, 6.07) is 6.32. The fourth-order valence-electron chi connectivity index (χ4n) is 2.21. The number of nitrogens with zero attached hydrogens (tertiary/aromatic N) is 1. The van der Waals surface area contributed by atoms with Crippen LogP contribution in [-0.4, -0.2) is 37.0 Å². The molecule has 1 heterocycles. The Morgan fingerprint density at radius 3 is 3.00 bits per heavy atom. The molecule has 0 saturated heterocycles. The van der Waals surface area contributed by atoms with Crippen molar-refractivity contribution >= 4 is 0 Å². The van der Waals surface area contributed by atoms with E-state index in [9.17, 15) is 0 Å². The molecule has 1 fully saturated rings. The molecule has 0 aliphatic heterocycles. The molecule has 94 valence electrons. The lowest BCUT2D eigenvalue weighted by atomic mass is 9.85. The van der Waals surface area contributed by atoms with E-state index in [1.165, 1.54) is 0 Å². The highest BCUT2D eigenvalue weighted by Crippen LogP contribution is 2.27. The van der Waals surface area contributed by atoms with Crippen molar-refractivity contribution in [2.75, 3.05) is 13.7 Å². The minimum absolute atomic E-state index is 0.165. The first-order valence-electron chi connectivity index (χ1n) is 6.12. The Morgan fingerprint density at radius 2 is 2.35 bits per heavy atom. The quantitative estimate of drug-likeness (QED) is 0.810. The minimum atomic E-state index is 0.165. The topological polar surface area (TPSA) is 43.4 Å². The van der Waals surface area contributed by atoms with E-state index in [1.54, 1.807) is 7.11 Å². The Hall–Kier alpha value is -0.970. The van der Waals surface area contributed by atoms with E-state index in [0.29, 0.717) is 6.04 Å². The van der Waals surface area contributed by atoms with Gasteiger partial charge >= 0.3 is 0 Å². The first-order chi connectivity index (χ1) is 8.35. The molecule has 1 N–H and O–H groups in total. The molecule has 17 heavy (non-hydrogen) atoms. The number of ether oxygens (including phenoxy) is 2. The zero-order valence-corrected chi connectivity index (χ0v) is 10.4. The zero-order valence-electron chi connectivity index (χ0n) is 10.4. The maximum absolute atomic E-state index is 5.58. The van der Waals surface area contributed by atoms with Crippen molar-refractivity contribution in [3.05, 3.63) is 30.1 Å². The molecule has 1 aliphatic carbocycles. The summed E-state index contributed by atoms with van der Waals surface area (Å²) in [5.74, 6) is 0. The molecule has 4 nitrogen and oxygen atoms in total. The van der Waals surface area contributed by atoms with Crippen molar-refractivity contribution in [3.63, 3.8) is 0 Å². The average molecular weight is 236 g/mol. The number of methoxy groups -OCH3 is 1. The maximum atomic E-state index is 5.58. The highest BCUT2D eigenvalue weighted by Gasteiger charge is 2.41. The highest BCUT2D eigenvalue weighted by molar-refractivity contribution is 5.05. The highest BCUT2D eigenvalue weighted by atomic mass is 16.5. The minimum Gasteiger partial charge on any atom is -0.377 e. The molecule has 0 aromatic carbocycles. The molecule has 1 saturated carbocycles. The number of aromatic nitrogens is 1. The molecular formula is C13H20N2O2. The van der Waals surface area contributed by atoms with Crippen LogP contribution in [0.25, 0.3) is 0 Å². The van der Waals surface area contributed by atoms with Crippen LogP contribution in [0.3, 0.4) is 0 Å². The summed E-state index contributed by atoms with van der Waals surface area (Å²) in [5.41, 5.74) is 1.06. The SMILES string of the molecule is CCOC1CC(NCc2ccccn2)C1OC. The van der Waals surface area contributed by atoms with Gasteiger partial charge in [0.15, 0.2) is 0 Å². The van der Waals surface area contributed by atoms with E-state index in [0.717, 1.165) is 25.3 Å². The van der Waals surface area contributed by atoms with Crippen LogP contribution >= 0.6 is 0 Å². The Kier molecular flexibility index (Phi) is 4.48. The molecule has 0 radical (unpaired) electrons. The summed E-state index contributed by atoms with van der Waals surface area (Å²) in [6.45, 7) is 3.54. The van der Waals surface area contributed by atoms with Gasteiger partial charge in [-0.1, -0.05) is 6.07 Å². The van der Waals surface area contributed by atoms with Gasteiger partial charge in [-0.3, -0.25) is 4.98 Å². The number of hydrogen-bond acceptors (Lipinski definition) is 4. The first kappa shape index (κ1) is 12.5. The number of rotatable bonds is 6. The molecule has 4 heteroatoms. The van der Waals surface area contributed by atoms with E-state index in [1.807, 2.05) is 31.3 Å². The first-order valence-corrected chi connectivity index (χ1v) is 6.12. The van der Waals surface area contributed by atoms with Crippen LogP contribution in [-0.2, 0) is 16.0 Å². The van der Waals surface area contributed by atoms with Gasteiger partial charge in [-0.15, -0.1) is 0 Å². The zero-order chi connectivity index (χ0) is 12.1. The monoisotopic (exact) mass is 236 g/mol. The Bertz CT molecular complexity index is 331. The van der Waals surface area contributed by atoms with Gasteiger partial charge in [0.2, 0.25) is 0 Å². The summed E-state index contributed by atoms with van der Waals surface area (Å²) < 4.78 is 11.0. The van der Waals surface area contributed by atoms with Gasteiger partial charge in [0.25, 0.3) is 0 Å². The third-order valence-corrected chi connectivity index (χ3v) is 3.17. The lowest BCUT2D eigenvalue weighted by Crippen LogP contribution is -2.59. The molecule has 3 atom stereocenters. The van der Waals surface area contributed by atoms with Crippen LogP contribution in [0.4, 0.5) is 0 Å². The van der Waals surface area contributed by atoms with Crippen molar-refractivity contribution in [3.8, 4) is 0 Å². The summed E-state index contributed by atoms with van der Waals surface area (Å²) in [7, 11) is 1.74. The third-order valence-electron chi connectivity index (χ3n) is 3.17. The Morgan fingerprint density at radius 1 is 1.47 bits per heavy atom. The van der Waals surface area contributed by atoms with Gasteiger partial charge in [0.1, 0.15) is 0 Å². The molecule has 0 bridgehead atoms. The van der Waals surface area contributed by atoms with E-state index in [2.05, 4.69) is 10.3 Å². The number of hydrogen-bond donors (Lipinski definition) is 1. The fraction of sp³-hybridized carbons (Fsp3) is 0.615. The van der Waals surface area contributed by atoms with E-state index >= 15 is 0 Å². The predicted molar refractivity (Wildman–Crippen MR) is 65.7 cm³/mol. The smallest absolute Gasteiger partial charge is 0.0986 e. The summed E-state index contributed by atoms with van der Waals surface area (Å²) >= 11 is 0.